The van der Waals surface area contributed by atoms with Gasteiger partial charge in [0, 0.05) is 11.4 Å². The van der Waals surface area contributed by atoms with Gasteiger partial charge in [-0.3, -0.25) is 4.79 Å². The number of rotatable bonds is 5. The summed E-state index contributed by atoms with van der Waals surface area (Å²) in [6.07, 6.45) is -0.740. The van der Waals surface area contributed by atoms with Crippen molar-refractivity contribution in [1.29, 1.82) is 0 Å². The van der Waals surface area contributed by atoms with Crippen molar-refractivity contribution >= 4 is 17.4 Å². The van der Waals surface area contributed by atoms with Gasteiger partial charge in [-0.15, -0.1) is 0 Å². The Balaban J connectivity index is 2.00. The maximum atomic E-state index is 13.1. The smallest absolute Gasteiger partial charge is 0.177 e. The van der Waals surface area contributed by atoms with E-state index in [1.807, 2.05) is 0 Å². The lowest BCUT2D eigenvalue weighted by Gasteiger charge is -2.14. The van der Waals surface area contributed by atoms with Gasteiger partial charge in [-0.1, -0.05) is 23.7 Å². The Morgan fingerprint density at radius 3 is 2.62 bits per heavy atom. The lowest BCUT2D eigenvalue weighted by Crippen LogP contribution is -2.25. The summed E-state index contributed by atoms with van der Waals surface area (Å²) in [6, 6.07) is 10.1. The van der Waals surface area contributed by atoms with E-state index in [0.717, 1.165) is 12.1 Å². The van der Waals surface area contributed by atoms with Crippen LogP contribution in [0.15, 0.2) is 42.5 Å². The number of halogens is 3. The fourth-order valence-electron chi connectivity index (χ4n) is 1.80. The molecule has 0 saturated heterocycles. The normalized spacial score (nSPS) is 12.0. The highest BCUT2D eigenvalue weighted by Crippen LogP contribution is 2.19. The molecule has 2 aromatic carbocycles. The summed E-state index contributed by atoms with van der Waals surface area (Å²) in [5.41, 5.74) is 0.403. The van der Waals surface area contributed by atoms with Gasteiger partial charge in [0.1, 0.15) is 5.75 Å². The molecule has 2 aromatic rings. The molecule has 1 atom stereocenters. The highest BCUT2D eigenvalue weighted by Gasteiger charge is 2.16. The lowest BCUT2D eigenvalue weighted by atomic mass is 10.1. The first-order chi connectivity index (χ1) is 9.95. The van der Waals surface area contributed by atoms with E-state index in [1.165, 1.54) is 6.07 Å². The largest absolute Gasteiger partial charge is 0.483 e. The molecule has 0 fully saturated rings. The highest BCUT2D eigenvalue weighted by molar-refractivity contribution is 6.30. The van der Waals surface area contributed by atoms with Gasteiger partial charge in [-0.2, -0.15) is 0 Å². The maximum absolute atomic E-state index is 13.1. The molecule has 0 N–H and O–H groups in total. The Bertz CT molecular complexity index is 658. The van der Waals surface area contributed by atoms with E-state index in [9.17, 15) is 13.6 Å². The summed E-state index contributed by atoms with van der Waals surface area (Å²) in [5.74, 6) is -1.66. The van der Waals surface area contributed by atoms with Crippen molar-refractivity contribution in [3.8, 4) is 5.75 Å². The van der Waals surface area contributed by atoms with Crippen molar-refractivity contribution in [2.45, 2.75) is 19.4 Å². The van der Waals surface area contributed by atoms with Crippen LogP contribution in [0.2, 0.25) is 5.02 Å². The van der Waals surface area contributed by atoms with E-state index in [0.29, 0.717) is 16.3 Å². The SMILES string of the molecule is CC(Oc1cccc(Cl)c1)C(=O)Cc1ccc(F)c(F)c1. The van der Waals surface area contributed by atoms with Crippen molar-refractivity contribution in [3.63, 3.8) is 0 Å². The average Bonchev–Trinajstić information content (AvgIpc) is 2.43. The van der Waals surface area contributed by atoms with Crippen LogP contribution >= 0.6 is 11.6 Å². The van der Waals surface area contributed by atoms with E-state index in [1.54, 1.807) is 31.2 Å². The first-order valence-corrected chi connectivity index (χ1v) is 6.72. The molecule has 0 spiro atoms. The first-order valence-electron chi connectivity index (χ1n) is 6.34. The van der Waals surface area contributed by atoms with Crippen molar-refractivity contribution in [3.05, 3.63) is 64.7 Å². The molecule has 0 heterocycles. The molecular weight excluding hydrogens is 298 g/mol. The summed E-state index contributed by atoms with van der Waals surface area (Å²) in [7, 11) is 0. The van der Waals surface area contributed by atoms with Crippen LogP contribution in [0.4, 0.5) is 8.78 Å². The lowest BCUT2D eigenvalue weighted by molar-refractivity contribution is -0.124. The third kappa shape index (κ3) is 4.26. The molecule has 0 saturated carbocycles. The molecule has 21 heavy (non-hydrogen) atoms. The molecule has 0 amide bonds. The van der Waals surface area contributed by atoms with E-state index >= 15 is 0 Å². The van der Waals surface area contributed by atoms with E-state index in [4.69, 9.17) is 16.3 Å². The number of carbonyl (C=O) groups excluding carboxylic acids is 1. The molecule has 0 aliphatic carbocycles. The Kier molecular flexibility index (Phi) is 4.91. The number of carbonyl (C=O) groups is 1. The Morgan fingerprint density at radius 2 is 1.95 bits per heavy atom. The summed E-state index contributed by atoms with van der Waals surface area (Å²) in [5, 5.41) is 0.507. The molecular formula is C16H13ClF2O2. The highest BCUT2D eigenvalue weighted by atomic mass is 35.5. The average molecular weight is 311 g/mol. The van der Waals surface area contributed by atoms with Crippen molar-refractivity contribution in [2.24, 2.45) is 0 Å². The van der Waals surface area contributed by atoms with Gasteiger partial charge in [-0.05, 0) is 42.8 Å². The zero-order valence-corrected chi connectivity index (χ0v) is 12.0. The number of ketones is 1. The van der Waals surface area contributed by atoms with Gasteiger partial charge in [0.2, 0.25) is 0 Å². The van der Waals surface area contributed by atoms with E-state index in [2.05, 4.69) is 0 Å². The minimum absolute atomic E-state index is 0.0288. The first kappa shape index (κ1) is 15.4. The number of hydrogen-bond donors (Lipinski definition) is 0. The molecule has 0 radical (unpaired) electrons. The third-order valence-electron chi connectivity index (χ3n) is 2.92. The minimum atomic E-state index is -0.969. The van der Waals surface area contributed by atoms with Crippen molar-refractivity contribution < 1.29 is 18.3 Å². The molecule has 110 valence electrons. The van der Waals surface area contributed by atoms with E-state index in [-0.39, 0.29) is 12.2 Å². The molecule has 0 aliphatic heterocycles. The number of hydrogen-bond acceptors (Lipinski definition) is 2. The molecule has 0 aliphatic rings. The van der Waals surface area contributed by atoms with Gasteiger partial charge in [-0.25, -0.2) is 8.78 Å². The van der Waals surface area contributed by atoms with Gasteiger partial charge < -0.3 is 4.74 Å². The van der Waals surface area contributed by atoms with Crippen molar-refractivity contribution in [2.75, 3.05) is 0 Å². The van der Waals surface area contributed by atoms with Crippen LogP contribution in [0.3, 0.4) is 0 Å². The molecule has 2 nitrogen and oxygen atoms in total. The third-order valence-corrected chi connectivity index (χ3v) is 3.16. The van der Waals surface area contributed by atoms with Gasteiger partial charge in [0.25, 0.3) is 0 Å². The molecule has 2 rings (SSSR count). The predicted octanol–water partition coefficient (Wildman–Crippen LogP) is 4.20. The predicted molar refractivity (Wildman–Crippen MR) is 76.6 cm³/mol. The van der Waals surface area contributed by atoms with Gasteiger partial charge in [0.15, 0.2) is 23.5 Å². The fourth-order valence-corrected chi connectivity index (χ4v) is 1.98. The minimum Gasteiger partial charge on any atom is -0.483 e. The van der Waals surface area contributed by atoms with Crippen LogP contribution in [0.1, 0.15) is 12.5 Å². The Labute approximate surface area is 126 Å². The standard InChI is InChI=1S/C16H13ClF2O2/c1-10(21-13-4-2-3-12(17)9-13)16(20)8-11-5-6-14(18)15(19)7-11/h2-7,9-10H,8H2,1H3. The van der Waals surface area contributed by atoms with Crippen LogP contribution in [-0.2, 0) is 11.2 Å². The molecule has 5 heteroatoms. The summed E-state index contributed by atoms with van der Waals surface area (Å²) >= 11 is 5.83. The number of Topliss-reactive ketones (excluding diaryl/α,β-unsaturated/α-hetero) is 1. The molecule has 1 unspecified atom stereocenters. The second-order valence-corrected chi connectivity index (χ2v) is 5.05. The van der Waals surface area contributed by atoms with E-state index < -0.39 is 17.7 Å². The Morgan fingerprint density at radius 1 is 1.19 bits per heavy atom. The maximum Gasteiger partial charge on any atom is 0.177 e. The summed E-state index contributed by atoms with van der Waals surface area (Å²) < 4.78 is 31.4. The van der Waals surface area contributed by atoms with Gasteiger partial charge in [0.05, 0.1) is 0 Å². The van der Waals surface area contributed by atoms with Gasteiger partial charge >= 0.3 is 0 Å². The van der Waals surface area contributed by atoms with Crippen LogP contribution < -0.4 is 4.74 Å². The zero-order chi connectivity index (χ0) is 15.4. The van der Waals surface area contributed by atoms with Crippen molar-refractivity contribution in [1.82, 2.24) is 0 Å². The summed E-state index contributed by atoms with van der Waals surface area (Å²) in [6.45, 7) is 1.60. The summed E-state index contributed by atoms with van der Waals surface area (Å²) in [4.78, 5) is 12.0. The van der Waals surface area contributed by atoms with Crippen LogP contribution in [0.5, 0.6) is 5.75 Å². The second kappa shape index (κ2) is 6.68. The number of benzene rings is 2. The number of ether oxygens (including phenoxy) is 1. The van der Waals surface area contributed by atoms with Crippen LogP contribution in [0, 0.1) is 11.6 Å². The quantitative estimate of drug-likeness (QED) is 0.827. The fraction of sp³-hybridized carbons (Fsp3) is 0.188. The monoisotopic (exact) mass is 310 g/mol. The molecule has 0 bridgehead atoms. The topological polar surface area (TPSA) is 26.3 Å². The molecule has 0 aromatic heterocycles. The zero-order valence-electron chi connectivity index (χ0n) is 11.3. The Hall–Kier alpha value is -1.94. The second-order valence-electron chi connectivity index (χ2n) is 4.61. The van der Waals surface area contributed by atoms with Crippen LogP contribution in [0.25, 0.3) is 0 Å². The van der Waals surface area contributed by atoms with Crippen LogP contribution in [-0.4, -0.2) is 11.9 Å².